The van der Waals surface area contributed by atoms with Gasteiger partial charge < -0.3 is 29.7 Å². The molecule has 0 saturated heterocycles. The summed E-state index contributed by atoms with van der Waals surface area (Å²) in [5.41, 5.74) is -0.142. The molecule has 2 aliphatic rings. The number of carbonyl (C=O) groups is 1. The number of aliphatic hydroxyl groups is 2. The minimum Gasteiger partial charge on any atom is -0.381 e. The zero-order valence-electron chi connectivity index (χ0n) is 23.3. The number of aliphatic hydroxyl groups excluding tert-OH is 2. The SMILES string of the molecule is COC1CCC(CC(CNC(=O)C2(CC(O)OCc3ccccc3)CCCC2)C(O)OC(C)(C)C)CC1. The van der Waals surface area contributed by atoms with E-state index in [1.54, 1.807) is 7.11 Å². The Morgan fingerprint density at radius 3 is 2.32 bits per heavy atom. The standard InChI is InChI=1S/C30H49NO6/c1-29(2,3)37-27(33)24(18-22-12-14-25(35-4)15-13-22)20-31-28(34)30(16-8-9-17-30)19-26(32)36-21-23-10-6-5-7-11-23/h5-7,10-11,22,24-27,32-33H,8-9,12-21H2,1-4H3,(H,31,34). The van der Waals surface area contributed by atoms with Gasteiger partial charge in [0.1, 0.15) is 0 Å². The Morgan fingerprint density at radius 1 is 1.08 bits per heavy atom. The van der Waals surface area contributed by atoms with E-state index in [0.29, 0.717) is 25.2 Å². The van der Waals surface area contributed by atoms with Crippen molar-refractivity contribution in [3.8, 4) is 0 Å². The van der Waals surface area contributed by atoms with Gasteiger partial charge in [-0.2, -0.15) is 0 Å². The van der Waals surface area contributed by atoms with Crippen molar-refractivity contribution in [2.45, 2.75) is 116 Å². The molecule has 0 aromatic heterocycles. The second-order valence-electron chi connectivity index (χ2n) is 12.1. The summed E-state index contributed by atoms with van der Waals surface area (Å²) >= 11 is 0. The van der Waals surface area contributed by atoms with Crippen molar-refractivity contribution < 1.29 is 29.2 Å². The molecule has 7 heteroatoms. The number of carbonyl (C=O) groups excluding carboxylic acids is 1. The summed E-state index contributed by atoms with van der Waals surface area (Å²) in [6.07, 6.45) is 6.98. The molecule has 3 N–H and O–H groups in total. The largest absolute Gasteiger partial charge is 0.381 e. The lowest BCUT2D eigenvalue weighted by Gasteiger charge is -2.35. The van der Waals surface area contributed by atoms with Crippen LogP contribution in [0.25, 0.3) is 0 Å². The van der Waals surface area contributed by atoms with Crippen molar-refractivity contribution in [1.29, 1.82) is 0 Å². The number of methoxy groups -OCH3 is 1. The second-order valence-corrected chi connectivity index (χ2v) is 12.1. The van der Waals surface area contributed by atoms with Gasteiger partial charge in [-0.25, -0.2) is 0 Å². The van der Waals surface area contributed by atoms with Crippen molar-refractivity contribution in [1.82, 2.24) is 5.32 Å². The van der Waals surface area contributed by atoms with Gasteiger partial charge in [-0.3, -0.25) is 4.79 Å². The molecule has 2 aliphatic carbocycles. The van der Waals surface area contributed by atoms with E-state index in [0.717, 1.165) is 63.4 Å². The number of hydrogen-bond acceptors (Lipinski definition) is 6. The molecule has 0 aliphatic heterocycles. The fourth-order valence-electron chi connectivity index (χ4n) is 5.94. The van der Waals surface area contributed by atoms with Crippen LogP contribution in [0.5, 0.6) is 0 Å². The number of ether oxygens (including phenoxy) is 3. The number of nitrogens with one attached hydrogen (secondary N) is 1. The highest BCUT2D eigenvalue weighted by molar-refractivity contribution is 5.83. The van der Waals surface area contributed by atoms with Crippen LogP contribution in [0.3, 0.4) is 0 Å². The van der Waals surface area contributed by atoms with Crippen LogP contribution >= 0.6 is 0 Å². The van der Waals surface area contributed by atoms with E-state index in [9.17, 15) is 15.0 Å². The second kappa shape index (κ2) is 14.0. The molecule has 37 heavy (non-hydrogen) atoms. The molecule has 0 bridgehead atoms. The summed E-state index contributed by atoms with van der Waals surface area (Å²) in [5, 5.41) is 24.8. The Balaban J connectivity index is 1.59. The maximum atomic E-state index is 13.5. The van der Waals surface area contributed by atoms with Crippen LogP contribution in [0.2, 0.25) is 0 Å². The lowest BCUT2D eigenvalue weighted by atomic mass is 9.80. The zero-order valence-corrected chi connectivity index (χ0v) is 23.3. The van der Waals surface area contributed by atoms with Crippen LogP contribution in [-0.4, -0.2) is 54.1 Å². The molecule has 0 spiro atoms. The van der Waals surface area contributed by atoms with E-state index >= 15 is 0 Å². The van der Waals surface area contributed by atoms with E-state index in [4.69, 9.17) is 14.2 Å². The van der Waals surface area contributed by atoms with Gasteiger partial charge >= 0.3 is 0 Å². The van der Waals surface area contributed by atoms with E-state index in [-0.39, 0.29) is 18.2 Å². The highest BCUT2D eigenvalue weighted by Crippen LogP contribution is 2.43. The van der Waals surface area contributed by atoms with E-state index < -0.39 is 23.6 Å². The van der Waals surface area contributed by atoms with Crippen molar-refractivity contribution in [2.75, 3.05) is 13.7 Å². The molecule has 1 aromatic rings. The molecular formula is C30H49NO6. The molecule has 2 saturated carbocycles. The molecule has 210 valence electrons. The van der Waals surface area contributed by atoms with Gasteiger partial charge in [-0.15, -0.1) is 0 Å². The van der Waals surface area contributed by atoms with E-state index in [1.165, 1.54) is 0 Å². The lowest BCUT2D eigenvalue weighted by Crippen LogP contribution is -2.46. The van der Waals surface area contributed by atoms with Crippen molar-refractivity contribution in [3.05, 3.63) is 35.9 Å². The Labute approximate surface area is 223 Å². The first-order chi connectivity index (χ1) is 17.6. The molecule has 3 rings (SSSR count). The normalized spacial score (nSPS) is 24.4. The molecule has 0 radical (unpaired) electrons. The number of hydrogen-bond donors (Lipinski definition) is 3. The van der Waals surface area contributed by atoms with Crippen LogP contribution in [0.15, 0.2) is 30.3 Å². The lowest BCUT2D eigenvalue weighted by molar-refractivity contribution is -0.194. The van der Waals surface area contributed by atoms with Crippen molar-refractivity contribution in [2.24, 2.45) is 17.3 Å². The van der Waals surface area contributed by atoms with Gasteiger partial charge in [-0.1, -0.05) is 43.2 Å². The number of amides is 1. The Kier molecular flexibility index (Phi) is 11.4. The van der Waals surface area contributed by atoms with Crippen LogP contribution in [0.1, 0.15) is 90.5 Å². The molecule has 2 fully saturated rings. The molecule has 3 atom stereocenters. The van der Waals surface area contributed by atoms with Gasteiger partial charge in [0.05, 0.1) is 23.7 Å². The monoisotopic (exact) mass is 519 g/mol. The zero-order chi connectivity index (χ0) is 26.9. The predicted molar refractivity (Wildman–Crippen MR) is 143 cm³/mol. The molecule has 1 amide bonds. The third-order valence-electron chi connectivity index (χ3n) is 8.06. The average molecular weight is 520 g/mol. The maximum absolute atomic E-state index is 13.5. The molecule has 0 heterocycles. The van der Waals surface area contributed by atoms with Crippen LogP contribution in [-0.2, 0) is 25.6 Å². The maximum Gasteiger partial charge on any atom is 0.226 e. The van der Waals surface area contributed by atoms with Gasteiger partial charge in [0, 0.05) is 26.0 Å². The molecule has 7 nitrogen and oxygen atoms in total. The summed E-state index contributed by atoms with van der Waals surface area (Å²) in [5.74, 6) is 0.216. The minimum atomic E-state index is -1.01. The van der Waals surface area contributed by atoms with Crippen molar-refractivity contribution >= 4 is 5.91 Å². The predicted octanol–water partition coefficient (Wildman–Crippen LogP) is 4.93. The minimum absolute atomic E-state index is 0.0524. The third kappa shape index (κ3) is 9.63. The Morgan fingerprint density at radius 2 is 1.73 bits per heavy atom. The van der Waals surface area contributed by atoms with Gasteiger partial charge in [0.15, 0.2) is 12.6 Å². The Bertz CT molecular complexity index is 796. The number of benzene rings is 1. The molecule has 1 aromatic carbocycles. The first kappa shape index (κ1) is 30.0. The van der Waals surface area contributed by atoms with E-state index in [2.05, 4.69) is 5.32 Å². The number of rotatable bonds is 13. The van der Waals surface area contributed by atoms with Gasteiger partial charge in [-0.05, 0) is 77.2 Å². The topological polar surface area (TPSA) is 97.3 Å². The van der Waals surface area contributed by atoms with Crippen molar-refractivity contribution in [3.63, 3.8) is 0 Å². The fraction of sp³-hybridized carbons (Fsp3) is 0.767. The van der Waals surface area contributed by atoms with Crippen LogP contribution in [0.4, 0.5) is 0 Å². The first-order valence-electron chi connectivity index (χ1n) is 14.1. The Hall–Kier alpha value is -1.51. The van der Waals surface area contributed by atoms with Crippen LogP contribution < -0.4 is 5.32 Å². The quantitative estimate of drug-likeness (QED) is 0.320. The average Bonchev–Trinajstić information content (AvgIpc) is 3.34. The van der Waals surface area contributed by atoms with Gasteiger partial charge in [0.2, 0.25) is 5.91 Å². The third-order valence-corrected chi connectivity index (χ3v) is 8.06. The fourth-order valence-corrected chi connectivity index (χ4v) is 5.94. The summed E-state index contributed by atoms with van der Waals surface area (Å²) in [4.78, 5) is 13.5. The highest BCUT2D eigenvalue weighted by atomic mass is 16.6. The summed E-state index contributed by atoms with van der Waals surface area (Å²) in [7, 11) is 1.77. The highest BCUT2D eigenvalue weighted by Gasteiger charge is 2.43. The molecular weight excluding hydrogens is 470 g/mol. The summed E-state index contributed by atoms with van der Waals surface area (Å²) < 4.78 is 17.1. The van der Waals surface area contributed by atoms with Crippen LogP contribution in [0, 0.1) is 17.3 Å². The first-order valence-corrected chi connectivity index (χ1v) is 14.1. The summed E-state index contributed by atoms with van der Waals surface area (Å²) in [6.45, 7) is 6.45. The summed E-state index contributed by atoms with van der Waals surface area (Å²) in [6, 6.07) is 9.73. The smallest absolute Gasteiger partial charge is 0.226 e. The molecule has 3 unspecified atom stereocenters. The van der Waals surface area contributed by atoms with E-state index in [1.807, 2.05) is 51.1 Å². The van der Waals surface area contributed by atoms with Gasteiger partial charge in [0.25, 0.3) is 0 Å².